The third-order valence-corrected chi connectivity index (χ3v) is 3.16. The number of carbonyl (C=O) groups is 1. The molecule has 0 saturated heterocycles. The molecule has 1 atom stereocenters. The molecule has 1 aromatic carbocycles. The quantitative estimate of drug-likeness (QED) is 0.938. The molecule has 2 aromatic rings. The maximum absolute atomic E-state index is 13.3. The van der Waals surface area contributed by atoms with Gasteiger partial charge in [0, 0.05) is 5.56 Å². The van der Waals surface area contributed by atoms with E-state index in [2.05, 4.69) is 5.32 Å². The molecule has 1 amide bonds. The third kappa shape index (κ3) is 2.93. The monoisotopic (exact) mass is 297 g/mol. The second-order valence-electron chi connectivity index (χ2n) is 4.19. The van der Waals surface area contributed by atoms with E-state index in [1.54, 1.807) is 6.92 Å². The summed E-state index contributed by atoms with van der Waals surface area (Å²) in [5, 5.41) is 2.73. The van der Waals surface area contributed by atoms with E-state index < -0.39 is 17.8 Å². The summed E-state index contributed by atoms with van der Waals surface area (Å²) < 4.78 is 23.3. The molecule has 0 aliphatic carbocycles. The fourth-order valence-electron chi connectivity index (χ4n) is 1.85. The Morgan fingerprint density at radius 1 is 1.45 bits per heavy atom. The van der Waals surface area contributed by atoms with Gasteiger partial charge in [-0.3, -0.25) is 4.79 Å². The summed E-state index contributed by atoms with van der Waals surface area (Å²) in [7, 11) is 1.48. The lowest BCUT2D eigenvalue weighted by molar-refractivity contribution is 0.0939. The Morgan fingerprint density at radius 3 is 2.80 bits per heavy atom. The van der Waals surface area contributed by atoms with E-state index in [1.807, 2.05) is 0 Å². The average molecular weight is 298 g/mol. The Hall–Kier alpha value is -2.01. The summed E-state index contributed by atoms with van der Waals surface area (Å²) in [6.45, 7) is 1.73. The fraction of sp³-hybridized carbons (Fsp3) is 0.214. The van der Waals surface area contributed by atoms with E-state index in [9.17, 15) is 9.18 Å². The number of carbonyl (C=O) groups excluding carboxylic acids is 1. The van der Waals surface area contributed by atoms with Crippen LogP contribution in [-0.4, -0.2) is 13.0 Å². The van der Waals surface area contributed by atoms with Crippen molar-refractivity contribution in [2.45, 2.75) is 13.0 Å². The highest BCUT2D eigenvalue weighted by atomic mass is 35.5. The van der Waals surface area contributed by atoms with E-state index in [-0.39, 0.29) is 10.8 Å². The molecule has 0 aliphatic heterocycles. The first-order chi connectivity index (χ1) is 9.52. The first-order valence-electron chi connectivity index (χ1n) is 5.90. The van der Waals surface area contributed by atoms with E-state index in [0.717, 1.165) is 0 Å². The fourth-order valence-corrected chi connectivity index (χ4v) is 2.05. The van der Waals surface area contributed by atoms with Gasteiger partial charge in [-0.2, -0.15) is 0 Å². The molecule has 1 aromatic heterocycles. The summed E-state index contributed by atoms with van der Waals surface area (Å²) in [6, 6.07) is 5.15. The number of nitrogens with one attached hydrogen (secondary N) is 1. The summed E-state index contributed by atoms with van der Waals surface area (Å²) in [4.78, 5) is 12.0. The van der Waals surface area contributed by atoms with Crippen LogP contribution >= 0.6 is 11.6 Å². The highest BCUT2D eigenvalue weighted by Gasteiger charge is 2.18. The van der Waals surface area contributed by atoms with Gasteiger partial charge >= 0.3 is 0 Å². The van der Waals surface area contributed by atoms with Crippen molar-refractivity contribution in [1.29, 1.82) is 0 Å². The van der Waals surface area contributed by atoms with Gasteiger partial charge in [0.05, 0.1) is 25.0 Å². The van der Waals surface area contributed by atoms with Gasteiger partial charge < -0.3 is 14.5 Å². The topological polar surface area (TPSA) is 51.5 Å². The molecule has 2 rings (SSSR count). The predicted molar refractivity (Wildman–Crippen MR) is 72.6 cm³/mol. The van der Waals surface area contributed by atoms with Crippen LogP contribution in [0.2, 0.25) is 5.22 Å². The highest BCUT2D eigenvalue weighted by molar-refractivity contribution is 6.32. The lowest BCUT2D eigenvalue weighted by Crippen LogP contribution is -2.26. The van der Waals surface area contributed by atoms with E-state index in [1.165, 1.54) is 37.6 Å². The molecule has 1 N–H and O–H groups in total. The van der Waals surface area contributed by atoms with Crippen LogP contribution < -0.4 is 10.1 Å². The number of amides is 1. The second kappa shape index (κ2) is 5.96. The first-order valence-corrected chi connectivity index (χ1v) is 6.28. The Morgan fingerprint density at radius 2 is 2.20 bits per heavy atom. The molecule has 20 heavy (non-hydrogen) atoms. The van der Waals surface area contributed by atoms with Gasteiger partial charge in [0.15, 0.2) is 0 Å². The lowest BCUT2D eigenvalue weighted by Gasteiger charge is -2.17. The van der Waals surface area contributed by atoms with Crippen molar-refractivity contribution in [2.24, 2.45) is 0 Å². The number of hydrogen-bond acceptors (Lipinski definition) is 3. The van der Waals surface area contributed by atoms with Crippen LogP contribution in [0.3, 0.4) is 0 Å². The summed E-state index contributed by atoms with van der Waals surface area (Å²) in [5.74, 6) is -0.303. The largest absolute Gasteiger partial charge is 0.496 e. The third-order valence-electron chi connectivity index (χ3n) is 2.87. The zero-order valence-electron chi connectivity index (χ0n) is 10.9. The van der Waals surface area contributed by atoms with Gasteiger partial charge in [0.2, 0.25) is 5.22 Å². The van der Waals surface area contributed by atoms with Gasteiger partial charge in [-0.25, -0.2) is 4.39 Å². The number of furan rings is 1. The van der Waals surface area contributed by atoms with Crippen molar-refractivity contribution >= 4 is 17.5 Å². The van der Waals surface area contributed by atoms with Crippen LogP contribution in [0.1, 0.15) is 28.9 Å². The SMILES string of the molecule is COc1ccc(F)cc1C(C)NC(=O)c1ccoc1Cl. The Labute approximate surface area is 120 Å². The van der Waals surface area contributed by atoms with Gasteiger partial charge in [-0.05, 0) is 42.8 Å². The molecule has 1 unspecified atom stereocenters. The molecule has 0 fully saturated rings. The molecule has 0 saturated carbocycles. The Bertz CT molecular complexity index is 627. The zero-order chi connectivity index (χ0) is 14.7. The minimum absolute atomic E-state index is 0.0147. The minimum atomic E-state index is -0.445. The van der Waals surface area contributed by atoms with Crippen molar-refractivity contribution in [2.75, 3.05) is 7.11 Å². The molecule has 0 aliphatic rings. The van der Waals surface area contributed by atoms with Crippen LogP contribution in [-0.2, 0) is 0 Å². The molecule has 0 bridgehead atoms. The normalized spacial score (nSPS) is 12.0. The average Bonchev–Trinajstić information content (AvgIpc) is 2.85. The smallest absolute Gasteiger partial charge is 0.256 e. The number of benzene rings is 1. The predicted octanol–water partition coefficient (Wildman–Crippen LogP) is 3.57. The number of ether oxygens (including phenoxy) is 1. The van der Waals surface area contributed by atoms with Crippen LogP contribution in [0.15, 0.2) is 34.9 Å². The molecular weight excluding hydrogens is 285 g/mol. The maximum atomic E-state index is 13.3. The van der Waals surface area contributed by atoms with E-state index in [4.69, 9.17) is 20.8 Å². The number of halogens is 2. The standard InChI is InChI=1S/C14H13ClFNO3/c1-8(11-7-9(16)3-4-12(11)19-2)17-14(18)10-5-6-20-13(10)15/h3-8H,1-2H3,(H,17,18). The van der Waals surface area contributed by atoms with Gasteiger partial charge in [0.1, 0.15) is 11.6 Å². The van der Waals surface area contributed by atoms with Crippen LogP contribution in [0.4, 0.5) is 4.39 Å². The molecule has 4 nitrogen and oxygen atoms in total. The van der Waals surface area contributed by atoms with Gasteiger partial charge in [0.25, 0.3) is 5.91 Å². The molecule has 106 valence electrons. The molecule has 1 heterocycles. The minimum Gasteiger partial charge on any atom is -0.496 e. The molecule has 0 spiro atoms. The number of rotatable bonds is 4. The highest BCUT2D eigenvalue weighted by Crippen LogP contribution is 2.26. The first kappa shape index (κ1) is 14.4. The molecule has 0 radical (unpaired) electrons. The lowest BCUT2D eigenvalue weighted by atomic mass is 10.1. The van der Waals surface area contributed by atoms with E-state index >= 15 is 0 Å². The van der Waals surface area contributed by atoms with Crippen molar-refractivity contribution in [3.8, 4) is 5.75 Å². The maximum Gasteiger partial charge on any atom is 0.256 e. The Kier molecular flexibility index (Phi) is 4.29. The van der Waals surface area contributed by atoms with Crippen molar-refractivity contribution in [1.82, 2.24) is 5.32 Å². The Balaban J connectivity index is 2.20. The number of hydrogen-bond donors (Lipinski definition) is 1. The second-order valence-corrected chi connectivity index (χ2v) is 4.53. The summed E-state index contributed by atoms with van der Waals surface area (Å²) >= 11 is 5.74. The van der Waals surface area contributed by atoms with Crippen molar-refractivity contribution in [3.63, 3.8) is 0 Å². The van der Waals surface area contributed by atoms with Crippen LogP contribution in [0, 0.1) is 5.82 Å². The van der Waals surface area contributed by atoms with Crippen molar-refractivity contribution < 1.29 is 18.3 Å². The van der Waals surface area contributed by atoms with Crippen LogP contribution in [0.25, 0.3) is 0 Å². The van der Waals surface area contributed by atoms with Gasteiger partial charge in [-0.1, -0.05) is 0 Å². The molecular formula is C14H13ClFNO3. The van der Waals surface area contributed by atoms with Gasteiger partial charge in [-0.15, -0.1) is 0 Å². The van der Waals surface area contributed by atoms with E-state index in [0.29, 0.717) is 11.3 Å². The summed E-state index contributed by atoms with van der Waals surface area (Å²) in [6.07, 6.45) is 1.32. The zero-order valence-corrected chi connectivity index (χ0v) is 11.7. The summed E-state index contributed by atoms with van der Waals surface area (Å²) in [5.41, 5.74) is 0.773. The van der Waals surface area contributed by atoms with Crippen LogP contribution in [0.5, 0.6) is 5.75 Å². The number of methoxy groups -OCH3 is 1. The molecule has 6 heteroatoms. The van der Waals surface area contributed by atoms with Crippen molar-refractivity contribution in [3.05, 3.63) is 52.7 Å².